The molecule has 4 fully saturated rings. The Bertz CT molecular complexity index is 426. The van der Waals surface area contributed by atoms with Crippen LogP contribution < -0.4 is 5.32 Å². The lowest BCUT2D eigenvalue weighted by Gasteiger charge is -2.54. The van der Waals surface area contributed by atoms with Gasteiger partial charge in [-0.3, -0.25) is 0 Å². The molecule has 0 amide bonds. The fourth-order valence-corrected chi connectivity index (χ4v) is 5.09. The normalized spacial score (nSPS) is 39.9. The van der Waals surface area contributed by atoms with E-state index < -0.39 is 0 Å². The summed E-state index contributed by atoms with van der Waals surface area (Å²) in [5, 5.41) is 15.8. The Balaban J connectivity index is 1.60. The number of hydrogen-bond donors (Lipinski definition) is 1. The minimum atomic E-state index is 0.580. The smallest absolute Gasteiger partial charge is 0.165 e. The monoisotopic (exact) mass is 261 g/mol. The van der Waals surface area contributed by atoms with Gasteiger partial charge >= 0.3 is 0 Å². The van der Waals surface area contributed by atoms with Crippen molar-refractivity contribution in [3.05, 3.63) is 5.82 Å². The summed E-state index contributed by atoms with van der Waals surface area (Å²) < 4.78 is 2.16. The molecule has 0 unspecified atom stereocenters. The lowest BCUT2D eigenvalue weighted by molar-refractivity contribution is -0.0354. The largest absolute Gasteiger partial charge is 0.310 e. The Labute approximate surface area is 114 Å². The topological polar surface area (TPSA) is 55.6 Å². The first-order chi connectivity index (χ1) is 9.35. The molecule has 19 heavy (non-hydrogen) atoms. The molecule has 1 aromatic heterocycles. The maximum atomic E-state index is 4.33. The van der Waals surface area contributed by atoms with Crippen LogP contribution in [0.15, 0.2) is 0 Å². The standard InChI is InChI=1S/C14H23N5/c1-2-15-8-13-16-17-18-19(13)14-11-4-9-3-10(6-11)7-12(14)5-9/h9-12,14-15H,2-8H2,1H3. The number of aromatic nitrogens is 4. The molecule has 5 nitrogen and oxygen atoms in total. The van der Waals surface area contributed by atoms with Crippen molar-refractivity contribution >= 4 is 0 Å². The van der Waals surface area contributed by atoms with Crippen molar-refractivity contribution in [2.75, 3.05) is 6.54 Å². The quantitative estimate of drug-likeness (QED) is 0.897. The van der Waals surface area contributed by atoms with Crippen LogP contribution in [0.2, 0.25) is 0 Å². The van der Waals surface area contributed by atoms with E-state index in [9.17, 15) is 0 Å². The van der Waals surface area contributed by atoms with Gasteiger partial charge in [-0.15, -0.1) is 5.10 Å². The summed E-state index contributed by atoms with van der Waals surface area (Å²) in [6.45, 7) is 3.89. The maximum absolute atomic E-state index is 4.33. The molecule has 4 bridgehead atoms. The summed E-state index contributed by atoms with van der Waals surface area (Å²) in [5.41, 5.74) is 0. The van der Waals surface area contributed by atoms with E-state index in [2.05, 4.69) is 32.4 Å². The first-order valence-electron chi connectivity index (χ1n) is 7.82. The molecular formula is C14H23N5. The summed E-state index contributed by atoms with van der Waals surface area (Å²) >= 11 is 0. The zero-order chi connectivity index (χ0) is 12.8. The Kier molecular flexibility index (Phi) is 2.83. The van der Waals surface area contributed by atoms with Crippen LogP contribution in [0.4, 0.5) is 0 Å². The van der Waals surface area contributed by atoms with Crippen molar-refractivity contribution < 1.29 is 0 Å². The van der Waals surface area contributed by atoms with E-state index in [1.54, 1.807) is 0 Å². The van der Waals surface area contributed by atoms with Crippen LogP contribution in [0.5, 0.6) is 0 Å². The average molecular weight is 261 g/mol. The molecule has 4 aliphatic carbocycles. The Morgan fingerprint density at radius 2 is 1.79 bits per heavy atom. The van der Waals surface area contributed by atoms with Gasteiger partial charge in [0, 0.05) is 0 Å². The molecule has 5 rings (SSSR count). The second kappa shape index (κ2) is 4.54. The van der Waals surface area contributed by atoms with E-state index in [0.29, 0.717) is 6.04 Å². The van der Waals surface area contributed by atoms with Crippen molar-refractivity contribution in [2.45, 2.75) is 51.6 Å². The molecule has 4 saturated carbocycles. The molecule has 0 aliphatic heterocycles. The van der Waals surface area contributed by atoms with Crippen molar-refractivity contribution in [2.24, 2.45) is 23.7 Å². The molecule has 0 spiro atoms. The van der Waals surface area contributed by atoms with Crippen LogP contribution in [0.25, 0.3) is 0 Å². The Hall–Kier alpha value is -0.970. The van der Waals surface area contributed by atoms with Gasteiger partial charge in [-0.1, -0.05) is 6.92 Å². The molecule has 0 radical (unpaired) electrons. The zero-order valence-corrected chi connectivity index (χ0v) is 11.6. The van der Waals surface area contributed by atoms with Gasteiger partial charge in [0.1, 0.15) is 0 Å². The molecule has 1 N–H and O–H groups in total. The second-order valence-electron chi connectivity index (χ2n) is 6.74. The first kappa shape index (κ1) is 11.8. The third-order valence-corrected chi connectivity index (χ3v) is 5.55. The van der Waals surface area contributed by atoms with Crippen LogP contribution in [0.3, 0.4) is 0 Å². The van der Waals surface area contributed by atoms with Crippen LogP contribution in [-0.4, -0.2) is 26.8 Å². The predicted octanol–water partition coefficient (Wildman–Crippen LogP) is 1.78. The van der Waals surface area contributed by atoms with E-state index >= 15 is 0 Å². The van der Waals surface area contributed by atoms with Gasteiger partial charge in [0.15, 0.2) is 5.82 Å². The van der Waals surface area contributed by atoms with E-state index in [0.717, 1.165) is 42.6 Å². The molecular weight excluding hydrogens is 238 g/mol. The lowest BCUT2D eigenvalue weighted by atomic mass is 9.54. The molecule has 0 atom stereocenters. The van der Waals surface area contributed by atoms with Crippen molar-refractivity contribution in [1.29, 1.82) is 0 Å². The Morgan fingerprint density at radius 3 is 2.42 bits per heavy atom. The van der Waals surface area contributed by atoms with Gasteiger partial charge in [-0.05, 0) is 72.7 Å². The van der Waals surface area contributed by atoms with Crippen LogP contribution in [0.1, 0.15) is 50.9 Å². The van der Waals surface area contributed by atoms with Crippen LogP contribution >= 0.6 is 0 Å². The number of nitrogens with zero attached hydrogens (tertiary/aromatic N) is 4. The van der Waals surface area contributed by atoms with Gasteiger partial charge in [0.2, 0.25) is 0 Å². The third kappa shape index (κ3) is 1.90. The first-order valence-corrected chi connectivity index (χ1v) is 7.82. The van der Waals surface area contributed by atoms with Crippen molar-refractivity contribution in [3.63, 3.8) is 0 Å². The number of tetrazole rings is 1. The second-order valence-corrected chi connectivity index (χ2v) is 6.74. The highest BCUT2D eigenvalue weighted by atomic mass is 15.6. The van der Waals surface area contributed by atoms with E-state index in [1.807, 2.05) is 0 Å². The Morgan fingerprint density at radius 1 is 1.11 bits per heavy atom. The molecule has 0 saturated heterocycles. The SMILES string of the molecule is CCNCc1nnnn1C1C2CC3CC(C2)CC1C3. The molecule has 1 aromatic rings. The highest BCUT2D eigenvalue weighted by Crippen LogP contribution is 2.58. The minimum absolute atomic E-state index is 0.580. The van der Waals surface area contributed by atoms with E-state index in [1.165, 1.54) is 32.1 Å². The number of rotatable bonds is 4. The predicted molar refractivity (Wildman–Crippen MR) is 71.3 cm³/mol. The van der Waals surface area contributed by atoms with Gasteiger partial charge < -0.3 is 5.32 Å². The lowest BCUT2D eigenvalue weighted by Crippen LogP contribution is -2.46. The van der Waals surface area contributed by atoms with Gasteiger partial charge in [-0.25, -0.2) is 4.68 Å². The summed E-state index contributed by atoms with van der Waals surface area (Å²) in [6, 6.07) is 0.580. The van der Waals surface area contributed by atoms with Crippen molar-refractivity contribution in [1.82, 2.24) is 25.5 Å². The van der Waals surface area contributed by atoms with Gasteiger partial charge in [0.25, 0.3) is 0 Å². The highest BCUT2D eigenvalue weighted by molar-refractivity contribution is 5.02. The molecule has 0 aromatic carbocycles. The van der Waals surface area contributed by atoms with Gasteiger partial charge in [0.05, 0.1) is 12.6 Å². The molecule has 1 heterocycles. The summed E-state index contributed by atoms with van der Waals surface area (Å²) in [5.74, 6) is 4.71. The summed E-state index contributed by atoms with van der Waals surface area (Å²) in [6.07, 6.45) is 7.16. The van der Waals surface area contributed by atoms with Crippen LogP contribution in [-0.2, 0) is 6.54 Å². The van der Waals surface area contributed by atoms with E-state index in [4.69, 9.17) is 0 Å². The van der Waals surface area contributed by atoms with Gasteiger partial charge in [-0.2, -0.15) is 0 Å². The fraction of sp³-hybridized carbons (Fsp3) is 0.929. The highest BCUT2D eigenvalue weighted by Gasteiger charge is 2.49. The third-order valence-electron chi connectivity index (χ3n) is 5.55. The fourth-order valence-electron chi connectivity index (χ4n) is 5.09. The zero-order valence-electron chi connectivity index (χ0n) is 11.6. The molecule has 4 aliphatic rings. The van der Waals surface area contributed by atoms with E-state index in [-0.39, 0.29) is 0 Å². The number of hydrogen-bond acceptors (Lipinski definition) is 4. The maximum Gasteiger partial charge on any atom is 0.165 e. The summed E-state index contributed by atoms with van der Waals surface area (Å²) in [4.78, 5) is 0. The van der Waals surface area contributed by atoms with Crippen LogP contribution in [0, 0.1) is 23.7 Å². The molecule has 104 valence electrons. The average Bonchev–Trinajstić information content (AvgIpc) is 2.83. The minimum Gasteiger partial charge on any atom is -0.310 e. The number of nitrogens with one attached hydrogen (secondary N) is 1. The summed E-state index contributed by atoms with van der Waals surface area (Å²) in [7, 11) is 0. The van der Waals surface area contributed by atoms with Crippen molar-refractivity contribution in [3.8, 4) is 0 Å². The molecule has 5 heteroatoms.